The molecule has 0 unspecified atom stereocenters. The molecule has 1 aliphatic rings. The van der Waals surface area contributed by atoms with Crippen LogP contribution in [0.5, 0.6) is 0 Å². The Hall–Kier alpha value is -0.960. The number of amides is 1. The van der Waals surface area contributed by atoms with E-state index in [9.17, 15) is 13.2 Å². The minimum atomic E-state index is -3.75. The van der Waals surface area contributed by atoms with E-state index in [1.54, 1.807) is 13.0 Å². The average Bonchev–Trinajstić information content (AvgIpc) is 2.64. The molecule has 0 fully saturated rings. The molecule has 0 bridgehead atoms. The Morgan fingerprint density at radius 3 is 2.89 bits per heavy atom. The fourth-order valence-corrected chi connectivity index (χ4v) is 3.57. The van der Waals surface area contributed by atoms with Crippen molar-refractivity contribution in [2.75, 3.05) is 11.9 Å². The molecule has 1 heterocycles. The van der Waals surface area contributed by atoms with E-state index in [2.05, 4.69) is 21.2 Å². The number of nitrogens with one attached hydrogen (secondary N) is 2. The van der Waals surface area contributed by atoms with Crippen molar-refractivity contribution in [1.82, 2.24) is 4.89 Å². The van der Waals surface area contributed by atoms with Crippen molar-refractivity contribution in [3.8, 4) is 0 Å². The van der Waals surface area contributed by atoms with Crippen molar-refractivity contribution in [2.24, 2.45) is 0 Å². The lowest BCUT2D eigenvalue weighted by atomic mass is 10.2. The topological polar surface area (TPSA) is 84.5 Å². The fourth-order valence-electron chi connectivity index (χ4n) is 1.61. The van der Waals surface area contributed by atoms with Gasteiger partial charge in [0.25, 0.3) is 10.0 Å². The average molecular weight is 335 g/mol. The first-order valence-electron chi connectivity index (χ1n) is 5.20. The maximum atomic E-state index is 11.9. The van der Waals surface area contributed by atoms with Crippen LogP contribution in [-0.4, -0.2) is 20.9 Å². The summed E-state index contributed by atoms with van der Waals surface area (Å²) in [6.45, 7) is 1.89. The molecular weight excluding hydrogens is 324 g/mol. The van der Waals surface area contributed by atoms with Gasteiger partial charge in [-0.05, 0) is 40.5 Å². The highest BCUT2D eigenvalue weighted by Gasteiger charge is 2.24. The highest BCUT2D eigenvalue weighted by Crippen LogP contribution is 2.32. The van der Waals surface area contributed by atoms with Crippen LogP contribution in [0.4, 0.5) is 5.69 Å². The molecule has 8 heteroatoms. The summed E-state index contributed by atoms with van der Waals surface area (Å²) >= 11 is 3.17. The summed E-state index contributed by atoms with van der Waals surface area (Å²) in [4.78, 5) is 18.0. The highest BCUT2D eigenvalue weighted by molar-refractivity contribution is 9.10. The molecular formula is C10H11BrN2O4S. The van der Waals surface area contributed by atoms with E-state index in [-0.39, 0.29) is 23.8 Å². The van der Waals surface area contributed by atoms with E-state index >= 15 is 0 Å². The Morgan fingerprint density at radius 2 is 2.22 bits per heavy atom. The summed E-state index contributed by atoms with van der Waals surface area (Å²) in [7, 11) is -3.75. The van der Waals surface area contributed by atoms with E-state index in [1.807, 2.05) is 4.89 Å². The molecule has 1 aliphatic heterocycles. The molecule has 1 amide bonds. The van der Waals surface area contributed by atoms with Crippen LogP contribution >= 0.6 is 15.9 Å². The first kappa shape index (κ1) is 13.5. The summed E-state index contributed by atoms with van der Waals surface area (Å²) in [6.07, 6.45) is 0.180. The summed E-state index contributed by atoms with van der Waals surface area (Å²) < 4.78 is 24.2. The summed E-state index contributed by atoms with van der Waals surface area (Å²) in [5, 5.41) is 2.64. The molecule has 2 N–H and O–H groups in total. The van der Waals surface area contributed by atoms with Crippen molar-refractivity contribution in [1.29, 1.82) is 0 Å². The Morgan fingerprint density at radius 1 is 1.50 bits per heavy atom. The molecule has 2 rings (SSSR count). The largest absolute Gasteiger partial charge is 0.325 e. The number of hydrogen-bond acceptors (Lipinski definition) is 4. The number of fused-ring (bicyclic) bond motifs is 1. The Labute approximate surface area is 113 Å². The predicted molar refractivity (Wildman–Crippen MR) is 68.4 cm³/mol. The van der Waals surface area contributed by atoms with Crippen LogP contribution in [0.2, 0.25) is 0 Å². The normalized spacial score (nSPS) is 14.4. The zero-order chi connectivity index (χ0) is 13.3. The van der Waals surface area contributed by atoms with Crippen LogP contribution in [0.1, 0.15) is 12.5 Å². The van der Waals surface area contributed by atoms with E-state index in [0.29, 0.717) is 15.7 Å². The van der Waals surface area contributed by atoms with Gasteiger partial charge in [0.05, 0.1) is 17.9 Å². The lowest BCUT2D eigenvalue weighted by Gasteiger charge is -2.09. The van der Waals surface area contributed by atoms with Gasteiger partial charge in [0.1, 0.15) is 0 Å². The number of rotatable bonds is 4. The molecule has 0 radical (unpaired) electrons. The second-order valence-electron chi connectivity index (χ2n) is 3.68. The van der Waals surface area contributed by atoms with Crippen LogP contribution in [0, 0.1) is 0 Å². The number of halogens is 1. The standard InChI is InChI=1S/C10H11BrN2O4S/c1-2-17-13-18(15,16)9-3-6-4-10(14)12-8(6)5-7(9)11/h3,5,13H,2,4H2,1H3,(H,12,14). The zero-order valence-electron chi connectivity index (χ0n) is 9.49. The zero-order valence-corrected chi connectivity index (χ0v) is 11.9. The van der Waals surface area contributed by atoms with Crippen molar-refractivity contribution < 1.29 is 18.0 Å². The van der Waals surface area contributed by atoms with Crippen LogP contribution in [0.15, 0.2) is 21.5 Å². The number of anilines is 1. The third-order valence-corrected chi connectivity index (χ3v) is 4.56. The van der Waals surface area contributed by atoms with Gasteiger partial charge in [-0.2, -0.15) is 0 Å². The van der Waals surface area contributed by atoms with Crippen molar-refractivity contribution in [3.05, 3.63) is 22.2 Å². The SMILES string of the molecule is CCONS(=O)(=O)c1cc2c(cc1Br)NC(=O)C2. The summed E-state index contributed by atoms with van der Waals surface area (Å²) in [6, 6.07) is 3.03. The van der Waals surface area contributed by atoms with Gasteiger partial charge in [-0.3, -0.25) is 9.63 Å². The fraction of sp³-hybridized carbons (Fsp3) is 0.300. The van der Waals surface area contributed by atoms with Gasteiger partial charge in [0.15, 0.2) is 0 Å². The summed E-state index contributed by atoms with van der Waals surface area (Å²) in [5.41, 5.74) is 1.28. The van der Waals surface area contributed by atoms with Gasteiger partial charge in [0, 0.05) is 10.2 Å². The molecule has 1 aromatic carbocycles. The number of carbonyl (C=O) groups is 1. The number of sulfonamides is 1. The molecule has 0 aliphatic carbocycles. The molecule has 0 spiro atoms. The first-order valence-corrected chi connectivity index (χ1v) is 7.47. The second kappa shape index (κ2) is 4.96. The molecule has 1 aromatic rings. The van der Waals surface area contributed by atoms with Crippen LogP contribution in [0.3, 0.4) is 0 Å². The number of benzene rings is 1. The predicted octanol–water partition coefficient (Wildman–Crippen LogP) is 1.17. The molecule has 0 aromatic heterocycles. The minimum absolute atomic E-state index is 0.0474. The number of carbonyl (C=O) groups excluding carboxylic acids is 1. The molecule has 0 saturated heterocycles. The third kappa shape index (κ3) is 2.56. The smallest absolute Gasteiger partial charge is 0.263 e. The van der Waals surface area contributed by atoms with E-state index in [4.69, 9.17) is 4.84 Å². The van der Waals surface area contributed by atoms with Crippen LogP contribution in [-0.2, 0) is 26.1 Å². The van der Waals surface area contributed by atoms with Crippen LogP contribution < -0.4 is 10.2 Å². The van der Waals surface area contributed by atoms with Crippen molar-refractivity contribution in [2.45, 2.75) is 18.2 Å². The van der Waals surface area contributed by atoms with Crippen molar-refractivity contribution >= 4 is 37.5 Å². The highest BCUT2D eigenvalue weighted by atomic mass is 79.9. The monoisotopic (exact) mass is 334 g/mol. The van der Waals surface area contributed by atoms with Gasteiger partial charge >= 0.3 is 0 Å². The summed E-state index contributed by atoms with van der Waals surface area (Å²) in [5.74, 6) is -0.149. The lowest BCUT2D eigenvalue weighted by Crippen LogP contribution is -2.24. The Bertz CT molecular complexity index is 600. The van der Waals surface area contributed by atoms with Crippen LogP contribution in [0.25, 0.3) is 0 Å². The maximum Gasteiger partial charge on any atom is 0.263 e. The molecule has 0 saturated carbocycles. The quantitative estimate of drug-likeness (QED) is 0.809. The van der Waals surface area contributed by atoms with Crippen molar-refractivity contribution in [3.63, 3.8) is 0 Å². The first-order chi connectivity index (χ1) is 8.44. The Balaban J connectivity index is 2.41. The maximum absolute atomic E-state index is 11.9. The van der Waals surface area contributed by atoms with Gasteiger partial charge in [-0.25, -0.2) is 8.42 Å². The second-order valence-corrected chi connectivity index (χ2v) is 6.15. The Kier molecular flexibility index (Phi) is 3.71. The van der Waals surface area contributed by atoms with E-state index in [0.717, 1.165) is 0 Å². The number of hydrogen-bond donors (Lipinski definition) is 2. The van der Waals surface area contributed by atoms with Gasteiger partial charge < -0.3 is 5.32 Å². The van der Waals surface area contributed by atoms with E-state index in [1.165, 1.54) is 6.07 Å². The molecule has 0 atom stereocenters. The molecule has 6 nitrogen and oxygen atoms in total. The third-order valence-electron chi connectivity index (χ3n) is 2.39. The molecule has 18 heavy (non-hydrogen) atoms. The molecule has 98 valence electrons. The van der Waals surface area contributed by atoms with E-state index < -0.39 is 10.0 Å². The van der Waals surface area contributed by atoms with Gasteiger partial charge in [-0.1, -0.05) is 4.89 Å². The van der Waals surface area contributed by atoms with Gasteiger partial charge in [0.2, 0.25) is 5.91 Å². The lowest BCUT2D eigenvalue weighted by molar-refractivity contribution is -0.115. The van der Waals surface area contributed by atoms with Gasteiger partial charge in [-0.15, -0.1) is 0 Å². The minimum Gasteiger partial charge on any atom is -0.325 e.